The lowest BCUT2D eigenvalue weighted by Crippen LogP contribution is -2.42. The van der Waals surface area contributed by atoms with Crippen molar-refractivity contribution in [3.8, 4) is 11.5 Å². The molecule has 0 saturated carbocycles. The zero-order valence-corrected chi connectivity index (χ0v) is 18.2. The van der Waals surface area contributed by atoms with Crippen LogP contribution in [-0.2, 0) is 6.54 Å². The van der Waals surface area contributed by atoms with Crippen LogP contribution in [0.3, 0.4) is 0 Å². The first kappa shape index (κ1) is 20.7. The normalized spacial score (nSPS) is 14.5. The lowest BCUT2D eigenvalue weighted by atomic mass is 10.1. The van der Waals surface area contributed by atoms with Gasteiger partial charge in [0.1, 0.15) is 5.52 Å². The number of para-hydroxylation sites is 1. The molecule has 0 aliphatic carbocycles. The van der Waals surface area contributed by atoms with Crippen molar-refractivity contribution in [3.63, 3.8) is 0 Å². The summed E-state index contributed by atoms with van der Waals surface area (Å²) in [5.74, 6) is 0.259. The molecule has 1 aliphatic heterocycles. The molecule has 2 heterocycles. The van der Waals surface area contributed by atoms with Crippen molar-refractivity contribution >= 4 is 34.3 Å². The van der Waals surface area contributed by atoms with E-state index in [9.17, 15) is 4.79 Å². The van der Waals surface area contributed by atoms with E-state index in [0.29, 0.717) is 22.2 Å². The van der Waals surface area contributed by atoms with Gasteiger partial charge in [0.25, 0.3) is 5.91 Å². The fourth-order valence-corrected chi connectivity index (χ4v) is 4.01. The predicted octanol–water partition coefficient (Wildman–Crippen LogP) is 4.81. The van der Waals surface area contributed by atoms with Gasteiger partial charge in [0, 0.05) is 43.3 Å². The van der Waals surface area contributed by atoms with Crippen LogP contribution in [0.25, 0.3) is 22.6 Å². The van der Waals surface area contributed by atoms with Gasteiger partial charge in [-0.2, -0.15) is 0 Å². The maximum absolute atomic E-state index is 12.7. The monoisotopic (exact) mass is 446 g/mol. The average molecular weight is 447 g/mol. The van der Waals surface area contributed by atoms with Crippen molar-refractivity contribution in [1.82, 2.24) is 15.2 Å². The van der Waals surface area contributed by atoms with Crippen LogP contribution in [0.5, 0.6) is 0 Å². The molecule has 1 aliphatic rings. The minimum Gasteiger partial charge on any atom is -0.436 e. The van der Waals surface area contributed by atoms with Gasteiger partial charge in [-0.05, 0) is 54.1 Å². The fourth-order valence-electron chi connectivity index (χ4n) is 3.88. The highest BCUT2D eigenvalue weighted by atomic mass is 35.5. The number of oxazole rings is 1. The summed E-state index contributed by atoms with van der Waals surface area (Å²) >= 11 is 5.93. The number of rotatable bonds is 5. The van der Waals surface area contributed by atoms with Crippen molar-refractivity contribution in [3.05, 3.63) is 82.9 Å². The van der Waals surface area contributed by atoms with Crippen molar-refractivity contribution in [2.24, 2.45) is 0 Å². The van der Waals surface area contributed by atoms with Crippen LogP contribution in [0.1, 0.15) is 15.9 Å². The molecule has 6 nitrogen and oxygen atoms in total. The topological polar surface area (TPSA) is 70.4 Å². The van der Waals surface area contributed by atoms with E-state index in [2.05, 4.69) is 32.7 Å². The Hall–Kier alpha value is -3.19. The van der Waals surface area contributed by atoms with Crippen molar-refractivity contribution in [2.45, 2.75) is 6.54 Å². The lowest BCUT2D eigenvalue weighted by molar-refractivity contribution is 0.102. The van der Waals surface area contributed by atoms with Gasteiger partial charge in [-0.3, -0.25) is 9.69 Å². The number of carbonyl (C=O) groups is 1. The maximum Gasteiger partial charge on any atom is 0.255 e. The third-order valence-corrected chi connectivity index (χ3v) is 5.83. The second kappa shape index (κ2) is 9.12. The first-order valence-corrected chi connectivity index (χ1v) is 11.0. The molecule has 7 heteroatoms. The Bertz CT molecular complexity index is 1250. The van der Waals surface area contributed by atoms with Crippen molar-refractivity contribution in [1.29, 1.82) is 0 Å². The summed E-state index contributed by atoms with van der Waals surface area (Å²) in [6, 6.07) is 20.4. The first-order valence-electron chi connectivity index (χ1n) is 10.6. The second-order valence-electron chi connectivity index (χ2n) is 7.85. The number of halogens is 1. The number of anilines is 1. The summed E-state index contributed by atoms with van der Waals surface area (Å²) in [7, 11) is 0. The van der Waals surface area contributed by atoms with Gasteiger partial charge in [-0.1, -0.05) is 29.8 Å². The van der Waals surface area contributed by atoms with Crippen LogP contribution in [-0.4, -0.2) is 42.0 Å². The van der Waals surface area contributed by atoms with Gasteiger partial charge in [0.05, 0.1) is 11.3 Å². The highest BCUT2D eigenvalue weighted by Gasteiger charge is 2.16. The minimum absolute atomic E-state index is 0.219. The zero-order valence-electron chi connectivity index (χ0n) is 17.5. The quantitative estimate of drug-likeness (QED) is 0.460. The maximum atomic E-state index is 12.7. The summed E-state index contributed by atoms with van der Waals surface area (Å²) in [4.78, 5) is 19.8. The van der Waals surface area contributed by atoms with Crippen molar-refractivity contribution < 1.29 is 9.21 Å². The number of benzene rings is 3. The Morgan fingerprint density at radius 3 is 2.66 bits per heavy atom. The van der Waals surface area contributed by atoms with E-state index in [1.807, 2.05) is 30.3 Å². The number of hydrogen-bond acceptors (Lipinski definition) is 5. The van der Waals surface area contributed by atoms with Crippen LogP contribution < -0.4 is 10.6 Å². The van der Waals surface area contributed by atoms with E-state index >= 15 is 0 Å². The fraction of sp³-hybridized carbons (Fsp3) is 0.200. The van der Waals surface area contributed by atoms with E-state index in [-0.39, 0.29) is 5.91 Å². The van der Waals surface area contributed by atoms with E-state index < -0.39 is 0 Å². The molecular formula is C25H23ClN4O2. The Morgan fingerprint density at radius 2 is 1.84 bits per heavy atom. The summed E-state index contributed by atoms with van der Waals surface area (Å²) in [5.41, 5.74) is 4.63. The summed E-state index contributed by atoms with van der Waals surface area (Å²) in [6.45, 7) is 5.02. The second-order valence-corrected chi connectivity index (χ2v) is 8.29. The smallest absolute Gasteiger partial charge is 0.255 e. The van der Waals surface area contributed by atoms with E-state index in [0.717, 1.165) is 49.4 Å². The van der Waals surface area contributed by atoms with Gasteiger partial charge >= 0.3 is 0 Å². The standard InChI is InChI=1S/C25H23ClN4O2/c26-19-8-6-18(7-9-19)24(31)28-21-4-2-1-3-20(21)25-29-22-10-5-17(15-23(22)32-25)16-30-13-11-27-12-14-30/h1-10,15,27H,11-14,16H2,(H,28,31). The molecule has 162 valence electrons. The SMILES string of the molecule is O=C(Nc1ccccc1-c1nc2ccc(CN3CCNCC3)cc2o1)c1ccc(Cl)cc1. The Labute approximate surface area is 191 Å². The molecule has 4 aromatic rings. The van der Waals surface area contributed by atoms with E-state index in [1.54, 1.807) is 24.3 Å². The van der Waals surface area contributed by atoms with Crippen molar-refractivity contribution in [2.75, 3.05) is 31.5 Å². The number of hydrogen-bond donors (Lipinski definition) is 2. The molecule has 32 heavy (non-hydrogen) atoms. The molecule has 3 aromatic carbocycles. The number of amides is 1. The molecule has 0 unspecified atom stereocenters. The molecule has 2 N–H and O–H groups in total. The van der Waals surface area contributed by atoms with Crippen LogP contribution in [0.2, 0.25) is 5.02 Å². The summed E-state index contributed by atoms with van der Waals surface area (Å²) < 4.78 is 6.12. The van der Waals surface area contributed by atoms with E-state index in [1.165, 1.54) is 5.56 Å². The molecule has 1 fully saturated rings. The Kier molecular flexibility index (Phi) is 5.90. The van der Waals surface area contributed by atoms with Gasteiger partial charge in [0.2, 0.25) is 5.89 Å². The number of nitrogens with one attached hydrogen (secondary N) is 2. The molecule has 5 rings (SSSR count). The highest BCUT2D eigenvalue weighted by Crippen LogP contribution is 2.31. The third-order valence-electron chi connectivity index (χ3n) is 5.58. The van der Waals surface area contributed by atoms with E-state index in [4.69, 9.17) is 16.0 Å². The lowest BCUT2D eigenvalue weighted by Gasteiger charge is -2.27. The van der Waals surface area contributed by atoms with Gasteiger partial charge in [-0.15, -0.1) is 0 Å². The zero-order chi connectivity index (χ0) is 21.9. The highest BCUT2D eigenvalue weighted by molar-refractivity contribution is 6.30. The van der Waals surface area contributed by atoms with Gasteiger partial charge < -0.3 is 15.1 Å². The van der Waals surface area contributed by atoms with Gasteiger partial charge in [-0.25, -0.2) is 4.98 Å². The van der Waals surface area contributed by atoms with Crippen LogP contribution in [0.15, 0.2) is 71.1 Å². The number of carbonyl (C=O) groups excluding carboxylic acids is 1. The number of aromatic nitrogens is 1. The Balaban J connectivity index is 1.40. The molecule has 0 bridgehead atoms. The summed E-state index contributed by atoms with van der Waals surface area (Å²) in [6.07, 6.45) is 0. The summed E-state index contributed by atoms with van der Waals surface area (Å²) in [5, 5.41) is 6.92. The number of fused-ring (bicyclic) bond motifs is 1. The largest absolute Gasteiger partial charge is 0.436 e. The van der Waals surface area contributed by atoms with Crippen LogP contribution in [0, 0.1) is 0 Å². The molecule has 0 spiro atoms. The molecule has 0 radical (unpaired) electrons. The third kappa shape index (κ3) is 4.53. The predicted molar refractivity (Wildman–Crippen MR) is 127 cm³/mol. The van der Waals surface area contributed by atoms with Crippen LogP contribution >= 0.6 is 11.6 Å². The molecular weight excluding hydrogens is 424 g/mol. The molecule has 0 atom stereocenters. The Morgan fingerprint density at radius 1 is 1.06 bits per heavy atom. The molecule has 1 aromatic heterocycles. The first-order chi connectivity index (χ1) is 15.7. The molecule has 1 amide bonds. The number of nitrogens with zero attached hydrogens (tertiary/aromatic N) is 2. The minimum atomic E-state index is -0.219. The average Bonchev–Trinajstić information content (AvgIpc) is 3.24. The number of piperazine rings is 1. The molecule has 1 saturated heterocycles. The van der Waals surface area contributed by atoms with Gasteiger partial charge in [0.15, 0.2) is 5.58 Å². The van der Waals surface area contributed by atoms with Crippen LogP contribution in [0.4, 0.5) is 5.69 Å².